The Bertz CT molecular complexity index is 1290. The van der Waals surface area contributed by atoms with Crippen LogP contribution in [0, 0.1) is 0 Å². The summed E-state index contributed by atoms with van der Waals surface area (Å²) in [6.07, 6.45) is -3.48. The molecule has 1 heterocycles. The molecule has 3 aromatic rings. The minimum absolute atomic E-state index is 0. The number of alkyl halides is 3. The summed E-state index contributed by atoms with van der Waals surface area (Å²) in [4.78, 5) is 8.34. The molecule has 0 spiro atoms. The zero-order valence-electron chi connectivity index (χ0n) is 19.3. The number of sulfone groups is 1. The van der Waals surface area contributed by atoms with Crippen LogP contribution < -0.4 is 19.5 Å². The lowest BCUT2D eigenvalue weighted by Gasteiger charge is -2.17. The van der Waals surface area contributed by atoms with E-state index in [1.807, 2.05) is 13.8 Å². The van der Waals surface area contributed by atoms with Crippen LogP contribution in [0.25, 0.3) is 10.9 Å². The van der Waals surface area contributed by atoms with Gasteiger partial charge < -0.3 is 19.5 Å². The first kappa shape index (κ1) is 28.2. The highest BCUT2D eigenvalue weighted by atomic mass is 35.5. The van der Waals surface area contributed by atoms with E-state index in [2.05, 4.69) is 15.3 Å². The van der Waals surface area contributed by atoms with Crippen LogP contribution in [0.5, 0.6) is 17.2 Å². The predicted octanol–water partition coefficient (Wildman–Crippen LogP) is 5.33. The Labute approximate surface area is 207 Å². The summed E-state index contributed by atoms with van der Waals surface area (Å²) in [7, 11) is -2.15. The molecule has 35 heavy (non-hydrogen) atoms. The summed E-state index contributed by atoms with van der Waals surface area (Å²) in [5, 5.41) is 3.38. The summed E-state index contributed by atoms with van der Waals surface area (Å²) in [5.74, 6) is 0.701. The molecular formula is C22H25ClF3N3O5S. The summed E-state index contributed by atoms with van der Waals surface area (Å²) >= 11 is 0. The van der Waals surface area contributed by atoms with Crippen molar-refractivity contribution in [3.8, 4) is 17.2 Å². The van der Waals surface area contributed by atoms with Gasteiger partial charge in [-0.1, -0.05) is 6.92 Å². The Hall–Kier alpha value is -2.99. The molecule has 0 aliphatic heterocycles. The van der Waals surface area contributed by atoms with Gasteiger partial charge in [-0.2, -0.15) is 13.2 Å². The van der Waals surface area contributed by atoms with Crippen molar-refractivity contribution < 1.29 is 35.8 Å². The van der Waals surface area contributed by atoms with Gasteiger partial charge in [0.05, 0.1) is 35.1 Å². The molecule has 0 amide bonds. The van der Waals surface area contributed by atoms with Crippen molar-refractivity contribution in [3.63, 3.8) is 0 Å². The van der Waals surface area contributed by atoms with Gasteiger partial charge >= 0.3 is 6.18 Å². The fourth-order valence-electron chi connectivity index (χ4n) is 3.05. The Morgan fingerprint density at radius 2 is 1.77 bits per heavy atom. The molecule has 0 radical (unpaired) electrons. The van der Waals surface area contributed by atoms with E-state index >= 15 is 0 Å². The second kappa shape index (κ2) is 11.2. The highest BCUT2D eigenvalue weighted by molar-refractivity contribution is 7.91. The van der Waals surface area contributed by atoms with E-state index in [1.54, 1.807) is 12.1 Å². The van der Waals surface area contributed by atoms with Crippen molar-refractivity contribution in [1.29, 1.82) is 0 Å². The van der Waals surface area contributed by atoms with Crippen LogP contribution in [0.3, 0.4) is 0 Å². The number of ether oxygens (including phenoxy) is 3. The maximum Gasteiger partial charge on any atom is 0.422 e. The van der Waals surface area contributed by atoms with Gasteiger partial charge in [-0.25, -0.2) is 18.4 Å². The Balaban J connectivity index is 0.00000432. The largest absolute Gasteiger partial charge is 0.493 e. The first-order valence-electron chi connectivity index (χ1n) is 10.3. The van der Waals surface area contributed by atoms with Crippen molar-refractivity contribution in [3.05, 3.63) is 36.7 Å². The third kappa shape index (κ3) is 7.01. The molecule has 8 nitrogen and oxygen atoms in total. The summed E-state index contributed by atoms with van der Waals surface area (Å²) in [6, 6.07) is 6.87. The van der Waals surface area contributed by atoms with Crippen molar-refractivity contribution >= 4 is 44.7 Å². The number of nitrogens with one attached hydrogen (secondary N) is 1. The normalized spacial score (nSPS) is 11.8. The molecule has 0 fully saturated rings. The van der Waals surface area contributed by atoms with Gasteiger partial charge in [0.1, 0.15) is 17.9 Å². The lowest BCUT2D eigenvalue weighted by Crippen LogP contribution is -2.19. The minimum Gasteiger partial charge on any atom is -0.493 e. The molecule has 192 valence electrons. The average molecular weight is 536 g/mol. The van der Waals surface area contributed by atoms with Gasteiger partial charge in [-0.15, -0.1) is 12.4 Å². The lowest BCUT2D eigenvalue weighted by molar-refractivity contribution is -0.153. The zero-order chi connectivity index (χ0) is 25.1. The lowest BCUT2D eigenvalue weighted by atomic mass is 10.2. The number of hydrogen-bond donors (Lipinski definition) is 1. The highest BCUT2D eigenvalue weighted by Gasteiger charge is 2.29. The maximum absolute atomic E-state index is 12.8. The number of rotatable bonds is 9. The topological polar surface area (TPSA) is 99.6 Å². The molecule has 0 saturated heterocycles. The van der Waals surface area contributed by atoms with Crippen molar-refractivity contribution in [2.24, 2.45) is 0 Å². The molecule has 0 saturated carbocycles. The molecule has 13 heteroatoms. The second-order valence-electron chi connectivity index (χ2n) is 7.50. The number of aromatic nitrogens is 2. The predicted molar refractivity (Wildman–Crippen MR) is 128 cm³/mol. The van der Waals surface area contributed by atoms with E-state index in [9.17, 15) is 21.6 Å². The van der Waals surface area contributed by atoms with Crippen LogP contribution >= 0.6 is 12.4 Å². The molecule has 1 aromatic heterocycles. The molecule has 3 rings (SSSR count). The Morgan fingerprint density at radius 1 is 1.06 bits per heavy atom. The molecule has 2 aromatic carbocycles. The fourth-order valence-corrected chi connectivity index (χ4v) is 3.96. The molecule has 0 aliphatic carbocycles. The number of nitrogens with zero attached hydrogens (tertiary/aromatic N) is 2. The first-order valence-corrected chi connectivity index (χ1v) is 11.9. The smallest absolute Gasteiger partial charge is 0.422 e. The van der Waals surface area contributed by atoms with E-state index < -0.39 is 22.6 Å². The third-order valence-electron chi connectivity index (χ3n) is 4.62. The number of halogens is 4. The number of fused-ring (bicyclic) bond motifs is 1. The van der Waals surface area contributed by atoms with Crippen LogP contribution in [0.15, 0.2) is 41.6 Å². The van der Waals surface area contributed by atoms with Crippen LogP contribution in [0.4, 0.5) is 24.7 Å². The van der Waals surface area contributed by atoms with Crippen LogP contribution in [0.2, 0.25) is 0 Å². The third-order valence-corrected chi connectivity index (χ3v) is 6.35. The van der Waals surface area contributed by atoms with E-state index in [1.165, 1.54) is 38.6 Å². The van der Waals surface area contributed by atoms with Gasteiger partial charge in [0.25, 0.3) is 0 Å². The number of methoxy groups -OCH3 is 1. The van der Waals surface area contributed by atoms with Gasteiger partial charge in [0.2, 0.25) is 0 Å². The standard InChI is InChI=1S/C22H24F3N3O5S.ClH/c1-5-34(29,30)14-6-7-18(32-11-22(23,24)25)17(8-14)28-21-15-9-20(33-13(2)3)19(31-4)10-16(15)26-12-27-21;/h6-10,12-13H,5,11H2,1-4H3,(H,26,27,28);1H. The quantitative estimate of drug-likeness (QED) is 0.393. The maximum atomic E-state index is 12.8. The number of benzene rings is 2. The fraction of sp³-hybridized carbons (Fsp3) is 0.364. The van der Waals surface area contributed by atoms with E-state index in [-0.39, 0.29) is 46.4 Å². The number of anilines is 2. The monoisotopic (exact) mass is 535 g/mol. The molecule has 0 unspecified atom stereocenters. The first-order chi connectivity index (χ1) is 15.9. The molecule has 0 bridgehead atoms. The van der Waals surface area contributed by atoms with Crippen molar-refractivity contribution in [1.82, 2.24) is 9.97 Å². The molecule has 0 aliphatic rings. The number of hydrogen-bond acceptors (Lipinski definition) is 8. The van der Waals surface area contributed by atoms with Crippen LogP contribution in [-0.4, -0.2) is 50.1 Å². The van der Waals surface area contributed by atoms with Crippen molar-refractivity contribution in [2.75, 3.05) is 24.8 Å². The zero-order valence-corrected chi connectivity index (χ0v) is 21.0. The van der Waals surface area contributed by atoms with Gasteiger partial charge in [0.15, 0.2) is 27.9 Å². The van der Waals surface area contributed by atoms with E-state index in [0.717, 1.165) is 0 Å². The average Bonchev–Trinajstić information content (AvgIpc) is 2.77. The van der Waals surface area contributed by atoms with Gasteiger partial charge in [-0.3, -0.25) is 0 Å². The highest BCUT2D eigenvalue weighted by Crippen LogP contribution is 2.37. The summed E-state index contributed by atoms with van der Waals surface area (Å²) in [6.45, 7) is 3.61. The van der Waals surface area contributed by atoms with Crippen molar-refractivity contribution in [2.45, 2.75) is 37.9 Å². The minimum atomic E-state index is -4.58. The molecular weight excluding hydrogens is 511 g/mol. The SMILES string of the molecule is CCS(=O)(=O)c1ccc(OCC(F)(F)F)c(Nc2ncnc3cc(OC)c(OC(C)C)cc23)c1.Cl. The van der Waals surface area contributed by atoms with E-state index in [0.29, 0.717) is 22.4 Å². The summed E-state index contributed by atoms with van der Waals surface area (Å²) < 4.78 is 79.1. The molecule has 0 atom stereocenters. The van der Waals surface area contributed by atoms with E-state index in [4.69, 9.17) is 14.2 Å². The second-order valence-corrected chi connectivity index (χ2v) is 9.78. The van der Waals surface area contributed by atoms with Gasteiger partial charge in [-0.05, 0) is 38.1 Å². The Morgan fingerprint density at radius 3 is 2.37 bits per heavy atom. The summed E-state index contributed by atoms with van der Waals surface area (Å²) in [5.41, 5.74) is 0.474. The van der Waals surface area contributed by atoms with Crippen LogP contribution in [-0.2, 0) is 9.84 Å². The van der Waals surface area contributed by atoms with Gasteiger partial charge in [0, 0.05) is 11.5 Å². The molecule has 1 N–H and O–H groups in total. The van der Waals surface area contributed by atoms with Crippen LogP contribution in [0.1, 0.15) is 20.8 Å². The Kier molecular flexibility index (Phi) is 9.01.